The van der Waals surface area contributed by atoms with E-state index in [4.69, 9.17) is 12.2 Å². The predicted molar refractivity (Wildman–Crippen MR) is 82.5 cm³/mol. The van der Waals surface area contributed by atoms with Crippen molar-refractivity contribution in [1.29, 1.82) is 0 Å². The molecule has 0 amide bonds. The Bertz CT molecular complexity index is 702. The Kier molecular flexibility index (Phi) is 3.35. The number of H-pyrrole nitrogens is 1. The quantitative estimate of drug-likeness (QED) is 0.803. The average Bonchev–Trinajstić information content (AvgIpc) is 2.75. The van der Waals surface area contributed by atoms with Crippen molar-refractivity contribution in [2.45, 2.75) is 39.2 Å². The Morgan fingerprint density at radius 1 is 1.32 bits per heavy atom. The summed E-state index contributed by atoms with van der Waals surface area (Å²) >= 11 is 6.94. The van der Waals surface area contributed by atoms with Crippen LogP contribution in [0.4, 0.5) is 0 Å². The lowest BCUT2D eigenvalue weighted by molar-refractivity contribution is 0.216. The first kappa shape index (κ1) is 13.1. The molecule has 2 atom stereocenters. The molecule has 1 fully saturated rings. The minimum Gasteiger partial charge on any atom is -0.323 e. The van der Waals surface area contributed by atoms with Crippen LogP contribution in [0.1, 0.15) is 39.2 Å². The number of rotatable bonds is 1. The summed E-state index contributed by atoms with van der Waals surface area (Å²) in [4.78, 5) is 16.7. The van der Waals surface area contributed by atoms with Crippen molar-refractivity contribution in [3.63, 3.8) is 0 Å². The normalized spacial score (nSPS) is 27.8. The molecule has 3 rings (SSSR count). The average molecular weight is 294 g/mol. The first-order valence-electron chi connectivity index (χ1n) is 6.78. The summed E-state index contributed by atoms with van der Waals surface area (Å²) in [6.07, 6.45) is 3.36. The number of nitrogens with one attached hydrogen (secondary N) is 1. The lowest BCUT2D eigenvalue weighted by Crippen LogP contribution is -2.31. The van der Waals surface area contributed by atoms with Crippen molar-refractivity contribution in [2.75, 3.05) is 0 Å². The molecule has 0 aromatic carbocycles. The highest BCUT2D eigenvalue weighted by Crippen LogP contribution is 2.35. The second-order valence-corrected chi connectivity index (χ2v) is 7.14. The highest BCUT2D eigenvalue weighted by molar-refractivity contribution is 7.71. The highest BCUT2D eigenvalue weighted by atomic mass is 32.1. The van der Waals surface area contributed by atoms with Gasteiger partial charge in [-0.2, -0.15) is 0 Å². The van der Waals surface area contributed by atoms with Gasteiger partial charge in [0.15, 0.2) is 4.77 Å². The first-order valence-corrected chi connectivity index (χ1v) is 8.07. The molecule has 0 saturated heterocycles. The van der Waals surface area contributed by atoms with E-state index in [1.165, 1.54) is 17.8 Å². The molecule has 1 N–H and O–H groups in total. The van der Waals surface area contributed by atoms with Gasteiger partial charge in [0.2, 0.25) is 0 Å². The van der Waals surface area contributed by atoms with Crippen LogP contribution < -0.4 is 5.56 Å². The molecule has 2 aromatic heterocycles. The van der Waals surface area contributed by atoms with Crippen LogP contribution in [0.25, 0.3) is 10.2 Å². The lowest BCUT2D eigenvalue weighted by Gasteiger charge is -2.32. The van der Waals surface area contributed by atoms with E-state index in [2.05, 4.69) is 18.8 Å². The number of aromatic nitrogens is 2. The molecule has 102 valence electrons. The Balaban J connectivity index is 2.14. The third kappa shape index (κ3) is 2.30. The van der Waals surface area contributed by atoms with Gasteiger partial charge in [-0.3, -0.25) is 9.36 Å². The Morgan fingerprint density at radius 3 is 2.68 bits per heavy atom. The number of hydrogen-bond donors (Lipinski definition) is 1. The number of fused-ring (bicyclic) bond motifs is 1. The maximum atomic E-state index is 12.6. The topological polar surface area (TPSA) is 37.8 Å². The first-order chi connectivity index (χ1) is 9.06. The van der Waals surface area contributed by atoms with Gasteiger partial charge in [0.25, 0.3) is 5.56 Å². The van der Waals surface area contributed by atoms with Gasteiger partial charge in [0.1, 0.15) is 4.83 Å². The molecule has 1 aliphatic rings. The summed E-state index contributed by atoms with van der Waals surface area (Å²) in [6, 6.07) is 2.14. The molecule has 19 heavy (non-hydrogen) atoms. The number of aromatic amines is 1. The number of nitrogens with zero attached hydrogens (tertiary/aromatic N) is 1. The number of hydrogen-bond acceptors (Lipinski definition) is 3. The zero-order chi connectivity index (χ0) is 13.6. The summed E-state index contributed by atoms with van der Waals surface area (Å²) in [5, 5.41) is 2.71. The maximum absolute atomic E-state index is 12.6. The Labute approximate surface area is 121 Å². The monoisotopic (exact) mass is 294 g/mol. The van der Waals surface area contributed by atoms with Gasteiger partial charge in [-0.1, -0.05) is 13.8 Å². The largest absolute Gasteiger partial charge is 0.323 e. The Hall–Kier alpha value is -0.940. The molecule has 0 spiro atoms. The van der Waals surface area contributed by atoms with Gasteiger partial charge in [-0.25, -0.2) is 0 Å². The number of thiophene rings is 1. The summed E-state index contributed by atoms with van der Waals surface area (Å²) in [5.41, 5.74) is 0.0753. The van der Waals surface area contributed by atoms with E-state index in [-0.39, 0.29) is 11.6 Å². The van der Waals surface area contributed by atoms with Crippen molar-refractivity contribution in [2.24, 2.45) is 11.8 Å². The van der Waals surface area contributed by atoms with E-state index in [9.17, 15) is 4.79 Å². The van der Waals surface area contributed by atoms with Gasteiger partial charge < -0.3 is 4.98 Å². The van der Waals surface area contributed by atoms with Crippen LogP contribution in [0, 0.1) is 16.6 Å². The van der Waals surface area contributed by atoms with Crippen LogP contribution in [0.5, 0.6) is 0 Å². The second-order valence-electron chi connectivity index (χ2n) is 5.84. The minimum atomic E-state index is 0.0753. The van der Waals surface area contributed by atoms with Crippen LogP contribution in [0.3, 0.4) is 0 Å². The maximum Gasteiger partial charge on any atom is 0.263 e. The fraction of sp³-hybridized carbons (Fsp3) is 0.571. The molecule has 0 radical (unpaired) electrons. The molecule has 3 nitrogen and oxygen atoms in total. The van der Waals surface area contributed by atoms with Gasteiger partial charge >= 0.3 is 0 Å². The van der Waals surface area contributed by atoms with E-state index >= 15 is 0 Å². The van der Waals surface area contributed by atoms with E-state index < -0.39 is 0 Å². The third-order valence-corrected chi connectivity index (χ3v) is 5.20. The fourth-order valence-corrected chi connectivity index (χ4v) is 4.58. The molecule has 2 aromatic rings. The summed E-state index contributed by atoms with van der Waals surface area (Å²) in [5.74, 6) is 1.32. The second kappa shape index (κ2) is 4.87. The van der Waals surface area contributed by atoms with E-state index in [0.717, 1.165) is 23.1 Å². The molecule has 5 heteroatoms. The van der Waals surface area contributed by atoms with Crippen LogP contribution in [0.2, 0.25) is 0 Å². The smallest absolute Gasteiger partial charge is 0.263 e. The van der Waals surface area contributed by atoms with Crippen molar-refractivity contribution in [3.05, 3.63) is 26.6 Å². The van der Waals surface area contributed by atoms with Crippen molar-refractivity contribution < 1.29 is 0 Å². The van der Waals surface area contributed by atoms with Crippen LogP contribution in [-0.2, 0) is 0 Å². The van der Waals surface area contributed by atoms with Crippen LogP contribution in [0.15, 0.2) is 16.2 Å². The fourth-order valence-electron chi connectivity index (χ4n) is 3.40. The summed E-state index contributed by atoms with van der Waals surface area (Å²) in [7, 11) is 0. The van der Waals surface area contributed by atoms with Crippen molar-refractivity contribution in [1.82, 2.24) is 9.55 Å². The van der Waals surface area contributed by atoms with Crippen LogP contribution >= 0.6 is 23.6 Å². The van der Waals surface area contributed by atoms with Gasteiger partial charge in [0, 0.05) is 6.04 Å². The molecule has 2 unspecified atom stereocenters. The molecule has 0 bridgehead atoms. The minimum absolute atomic E-state index is 0.0753. The summed E-state index contributed by atoms with van der Waals surface area (Å²) < 4.78 is 2.39. The van der Waals surface area contributed by atoms with E-state index in [1.54, 1.807) is 0 Å². The lowest BCUT2D eigenvalue weighted by atomic mass is 9.80. The molecule has 0 aliphatic heterocycles. The third-order valence-electron chi connectivity index (χ3n) is 4.07. The summed E-state index contributed by atoms with van der Waals surface area (Å²) in [6.45, 7) is 4.53. The van der Waals surface area contributed by atoms with Crippen LogP contribution in [-0.4, -0.2) is 9.55 Å². The Morgan fingerprint density at radius 2 is 2.00 bits per heavy atom. The van der Waals surface area contributed by atoms with Gasteiger partial charge in [0.05, 0.1) is 5.39 Å². The zero-order valence-corrected chi connectivity index (χ0v) is 12.8. The van der Waals surface area contributed by atoms with Crippen molar-refractivity contribution >= 4 is 33.8 Å². The molecule has 2 heterocycles. The van der Waals surface area contributed by atoms with Crippen molar-refractivity contribution in [3.8, 4) is 0 Å². The standard InChI is InChI=1S/C14H18N2OS2/c1-8-5-9(2)7-10(6-8)16-13(17)11-3-4-19-12(11)15-14(16)18/h3-4,8-10H,5-7H2,1-2H3,(H,15,18). The SMILES string of the molecule is CC1CC(C)CC(n2c(=S)[nH]c3sccc3c2=O)C1. The highest BCUT2D eigenvalue weighted by Gasteiger charge is 2.26. The molecule has 1 aliphatic carbocycles. The van der Waals surface area contributed by atoms with E-state index in [1.807, 2.05) is 16.0 Å². The van der Waals surface area contributed by atoms with E-state index in [0.29, 0.717) is 16.6 Å². The van der Waals surface area contributed by atoms with Gasteiger partial charge in [-0.15, -0.1) is 11.3 Å². The molecule has 1 saturated carbocycles. The van der Waals surface area contributed by atoms with Gasteiger partial charge in [-0.05, 0) is 54.8 Å². The molecular weight excluding hydrogens is 276 g/mol. The predicted octanol–water partition coefficient (Wildman–Crippen LogP) is 4.12. The molecular formula is C14H18N2OS2. The zero-order valence-electron chi connectivity index (χ0n) is 11.2.